The van der Waals surface area contributed by atoms with Gasteiger partial charge < -0.3 is 24.8 Å². The predicted octanol–water partition coefficient (Wildman–Crippen LogP) is -3.95. The second kappa shape index (κ2) is 6.02. The van der Waals surface area contributed by atoms with E-state index in [9.17, 15) is 3.67 Å². The molecule has 1 nitrogen and oxygen atoms in total. The van der Waals surface area contributed by atoms with Gasteiger partial charge in [-0.05, 0) is 0 Å². The molecule has 0 heterocycles. The molecular weight excluding hydrogens is 222 g/mol. The Hall–Kier alpha value is 0.444. The molecule has 0 bridgehead atoms. The first-order valence-electron chi connectivity index (χ1n) is 2.96. The summed E-state index contributed by atoms with van der Waals surface area (Å²) in [4.78, 5) is 0. The van der Waals surface area contributed by atoms with E-state index in [1.165, 1.54) is 11.1 Å². The quantitative estimate of drug-likeness (QED) is 0.450. The summed E-state index contributed by atoms with van der Waals surface area (Å²) in [6.45, 7) is 4.08. The maximum atomic E-state index is 10.5. The van der Waals surface area contributed by atoms with Crippen molar-refractivity contribution in [2.24, 2.45) is 0 Å². The van der Waals surface area contributed by atoms with Gasteiger partial charge in [-0.2, -0.15) is 0 Å². The summed E-state index contributed by atoms with van der Waals surface area (Å²) in [5, 5.41) is 0. The maximum Gasteiger partial charge on any atom is -1.00 e. The van der Waals surface area contributed by atoms with E-state index in [0.29, 0.717) is 0 Å². The van der Waals surface area contributed by atoms with E-state index in [2.05, 4.69) is 13.0 Å². The molecule has 62 valence electrons. The van der Waals surface area contributed by atoms with Gasteiger partial charge in [-0.3, -0.25) is 0 Å². The summed E-state index contributed by atoms with van der Waals surface area (Å²) < 4.78 is 11.7. The van der Waals surface area contributed by atoms with Crippen LogP contribution in [0.3, 0.4) is 0 Å². The Labute approximate surface area is 86.4 Å². The topological polar surface area (TPSA) is 17.1 Å². The van der Waals surface area contributed by atoms with E-state index in [0.717, 1.165) is 10.7 Å². The number of allylic oxidation sites excluding steroid dienone is 4. The van der Waals surface area contributed by atoms with Crippen LogP contribution in [-0.2, 0) is 19.9 Å². The zero-order valence-electron chi connectivity index (χ0n) is 6.40. The van der Waals surface area contributed by atoms with Crippen LogP contribution in [0.5, 0.6) is 0 Å². The Kier molecular flexibility index (Phi) is 7.65. The molecule has 11 heavy (non-hydrogen) atoms. The number of halogens is 2. The van der Waals surface area contributed by atoms with Gasteiger partial charge in [0.15, 0.2) is 0 Å². The molecule has 0 aromatic rings. The first kappa shape index (κ1) is 14.0. The first-order chi connectivity index (χ1) is 4.25. The van der Waals surface area contributed by atoms with Crippen molar-refractivity contribution in [1.29, 1.82) is 0 Å². The van der Waals surface area contributed by atoms with Crippen LogP contribution < -0.4 is 24.8 Å². The molecule has 1 rings (SSSR count). The zero-order valence-corrected chi connectivity index (χ0v) is 9.30. The largest absolute Gasteiger partial charge is 1.00 e. The van der Waals surface area contributed by atoms with Crippen molar-refractivity contribution in [3.05, 3.63) is 21.5 Å². The maximum absolute atomic E-state index is 10.5. The van der Waals surface area contributed by atoms with E-state index in [4.69, 9.17) is 0 Å². The summed E-state index contributed by atoms with van der Waals surface area (Å²) in [5.41, 5.74) is 2.52. The van der Waals surface area contributed by atoms with Crippen LogP contribution in [0.15, 0.2) is 21.5 Å². The van der Waals surface area contributed by atoms with Gasteiger partial charge in [0.05, 0.1) is 0 Å². The molecule has 4 heteroatoms. The Morgan fingerprint density at radius 1 is 1.36 bits per heavy atom. The van der Waals surface area contributed by atoms with Gasteiger partial charge >= 0.3 is 61.7 Å². The molecule has 0 amide bonds. The molecule has 0 spiro atoms. The monoisotopic (exact) mass is 230 g/mol. The molecule has 0 atom stereocenters. The van der Waals surface area contributed by atoms with Crippen molar-refractivity contribution >= 4 is 0 Å². The van der Waals surface area contributed by atoms with E-state index in [-0.39, 0.29) is 24.8 Å². The fraction of sp³-hybridized carbons (Fsp3) is 0.429. The molecule has 0 aliphatic heterocycles. The standard InChI is InChI=1S/C7H9.2ClH.O.V/c1-6-3-4-7(2)5-6;;;;/h3H,4H2,1-2H3;2*1H;;/q;;;;+2/p-2. The van der Waals surface area contributed by atoms with Gasteiger partial charge in [0.2, 0.25) is 0 Å². The van der Waals surface area contributed by atoms with Gasteiger partial charge in [-0.1, -0.05) is 0 Å². The molecule has 0 unspecified atom stereocenters. The summed E-state index contributed by atoms with van der Waals surface area (Å²) in [5.74, 6) is 0. The summed E-state index contributed by atoms with van der Waals surface area (Å²) >= 11 is -0.787. The fourth-order valence-electron chi connectivity index (χ4n) is 0.986. The van der Waals surface area contributed by atoms with Crippen LogP contribution in [0.4, 0.5) is 0 Å². The molecule has 1 aliphatic carbocycles. The SMILES string of the molecule is CC1=CCC(C)=[C]1[V+2]=[O].[Cl-].[Cl-]. The average molecular weight is 231 g/mol. The third-order valence-corrected chi connectivity index (χ3v) is 3.02. The van der Waals surface area contributed by atoms with Gasteiger partial charge in [-0.15, -0.1) is 0 Å². The van der Waals surface area contributed by atoms with Crippen LogP contribution in [-0.4, -0.2) is 0 Å². The molecule has 1 aliphatic rings. The third-order valence-electron chi connectivity index (χ3n) is 1.58. The third kappa shape index (κ3) is 3.12. The first-order valence-corrected chi connectivity index (χ1v) is 4.23. The second-order valence-electron chi connectivity index (χ2n) is 2.31. The van der Waals surface area contributed by atoms with Crippen LogP contribution in [0.25, 0.3) is 0 Å². The van der Waals surface area contributed by atoms with Crippen LogP contribution in [0.2, 0.25) is 0 Å². The minimum absolute atomic E-state index is 0. The van der Waals surface area contributed by atoms with E-state index >= 15 is 0 Å². The van der Waals surface area contributed by atoms with Gasteiger partial charge in [0.1, 0.15) is 0 Å². The van der Waals surface area contributed by atoms with Crippen molar-refractivity contribution in [3.8, 4) is 0 Å². The van der Waals surface area contributed by atoms with Crippen molar-refractivity contribution in [3.63, 3.8) is 0 Å². The van der Waals surface area contributed by atoms with E-state index in [1.54, 1.807) is 0 Å². The molecule has 0 radical (unpaired) electrons. The molecule has 0 aromatic carbocycles. The number of hydrogen-bond donors (Lipinski definition) is 0. The van der Waals surface area contributed by atoms with E-state index < -0.39 is 16.2 Å². The zero-order chi connectivity index (χ0) is 6.85. The summed E-state index contributed by atoms with van der Waals surface area (Å²) in [6.07, 6.45) is 3.15. The second-order valence-corrected chi connectivity index (χ2v) is 3.29. The van der Waals surface area contributed by atoms with Gasteiger partial charge in [0, 0.05) is 0 Å². The van der Waals surface area contributed by atoms with Crippen LogP contribution in [0.1, 0.15) is 20.3 Å². The summed E-state index contributed by atoms with van der Waals surface area (Å²) in [6, 6.07) is 0. The van der Waals surface area contributed by atoms with Crippen LogP contribution in [0, 0.1) is 0 Å². The van der Waals surface area contributed by atoms with Crippen molar-refractivity contribution in [2.75, 3.05) is 0 Å². The summed E-state index contributed by atoms with van der Waals surface area (Å²) in [7, 11) is 0. The van der Waals surface area contributed by atoms with Crippen molar-refractivity contribution < 1.29 is 44.7 Å². The van der Waals surface area contributed by atoms with Crippen LogP contribution >= 0.6 is 0 Å². The minimum Gasteiger partial charge on any atom is -1.00 e. The Morgan fingerprint density at radius 2 is 1.91 bits per heavy atom. The van der Waals surface area contributed by atoms with Gasteiger partial charge in [0.25, 0.3) is 0 Å². The smallest absolute Gasteiger partial charge is 1.00 e. The molecular formula is C7H9Cl2OV. The van der Waals surface area contributed by atoms with Crippen molar-refractivity contribution in [1.82, 2.24) is 0 Å². The Morgan fingerprint density at radius 3 is 2.09 bits per heavy atom. The predicted molar refractivity (Wildman–Crippen MR) is 31.8 cm³/mol. The molecule has 0 saturated carbocycles. The molecule has 0 N–H and O–H groups in total. The number of hydrogen-bond acceptors (Lipinski definition) is 1. The van der Waals surface area contributed by atoms with Gasteiger partial charge in [-0.25, -0.2) is 0 Å². The average Bonchev–Trinajstić information content (AvgIpc) is 2.12. The molecule has 0 fully saturated rings. The fourth-order valence-corrected chi connectivity index (χ4v) is 1.74. The molecule has 0 aromatic heterocycles. The Bertz CT molecular complexity index is 208. The molecule has 0 saturated heterocycles. The van der Waals surface area contributed by atoms with E-state index in [1.807, 2.05) is 6.92 Å². The number of rotatable bonds is 1. The minimum atomic E-state index is -0.787. The van der Waals surface area contributed by atoms with Crippen molar-refractivity contribution in [2.45, 2.75) is 20.3 Å². The normalized spacial score (nSPS) is 14.5. The Balaban J connectivity index is 0.